The van der Waals surface area contributed by atoms with Crippen LogP contribution in [0.25, 0.3) is 11.5 Å². The third-order valence-electron chi connectivity index (χ3n) is 4.81. The first-order chi connectivity index (χ1) is 12.6. The first kappa shape index (κ1) is 18.6. The Hall–Kier alpha value is -2.21. The quantitative estimate of drug-likeness (QED) is 0.726. The highest BCUT2D eigenvalue weighted by Crippen LogP contribution is 2.27. The molecule has 0 N–H and O–H groups in total. The number of halogens is 1. The predicted molar refractivity (Wildman–Crippen MR) is 95.9 cm³/mol. The van der Waals surface area contributed by atoms with Gasteiger partial charge in [0.2, 0.25) is 5.89 Å². The molecule has 1 aromatic heterocycles. The highest BCUT2D eigenvalue weighted by molar-refractivity contribution is 5.70. The van der Waals surface area contributed by atoms with Gasteiger partial charge in [-0.1, -0.05) is 18.6 Å². The second-order valence-corrected chi connectivity index (χ2v) is 6.63. The number of hydrogen-bond donors (Lipinski definition) is 0. The van der Waals surface area contributed by atoms with Crippen LogP contribution < -0.4 is 0 Å². The molecule has 26 heavy (non-hydrogen) atoms. The van der Waals surface area contributed by atoms with Crippen LogP contribution in [-0.2, 0) is 16.1 Å². The summed E-state index contributed by atoms with van der Waals surface area (Å²) in [5.74, 6) is 0.477. The average Bonchev–Trinajstić information content (AvgIpc) is 2.98. The maximum atomic E-state index is 14.0. The lowest BCUT2D eigenvalue weighted by molar-refractivity contribution is -0.145. The largest absolute Gasteiger partial charge is 0.466 e. The second-order valence-electron chi connectivity index (χ2n) is 6.63. The van der Waals surface area contributed by atoms with E-state index < -0.39 is 0 Å². The molecule has 3 rings (SSSR count). The van der Waals surface area contributed by atoms with E-state index in [1.807, 2.05) is 13.8 Å². The van der Waals surface area contributed by atoms with Crippen molar-refractivity contribution in [2.45, 2.75) is 52.1 Å². The van der Waals surface area contributed by atoms with E-state index in [9.17, 15) is 9.18 Å². The fourth-order valence-corrected chi connectivity index (χ4v) is 3.43. The normalized spacial score (nSPS) is 18.0. The SMILES string of the molecule is CCOC(=O)C[C@H]1CCCCN1Cc1nc(-c2ccccc2F)oc1C. The Morgan fingerprint density at radius 1 is 1.38 bits per heavy atom. The van der Waals surface area contributed by atoms with Crippen molar-refractivity contribution in [3.05, 3.63) is 41.5 Å². The van der Waals surface area contributed by atoms with E-state index in [-0.39, 0.29) is 17.8 Å². The molecule has 1 fully saturated rings. The van der Waals surface area contributed by atoms with Gasteiger partial charge in [0.05, 0.1) is 24.3 Å². The van der Waals surface area contributed by atoms with Gasteiger partial charge >= 0.3 is 5.97 Å². The van der Waals surface area contributed by atoms with E-state index in [0.717, 1.165) is 31.5 Å². The van der Waals surface area contributed by atoms with Crippen molar-refractivity contribution >= 4 is 5.97 Å². The van der Waals surface area contributed by atoms with E-state index in [4.69, 9.17) is 9.15 Å². The van der Waals surface area contributed by atoms with Crippen molar-refractivity contribution in [1.29, 1.82) is 0 Å². The van der Waals surface area contributed by atoms with Crippen LogP contribution in [0.1, 0.15) is 44.1 Å². The Balaban J connectivity index is 1.75. The van der Waals surface area contributed by atoms with Crippen LogP contribution in [0, 0.1) is 12.7 Å². The predicted octanol–water partition coefficient (Wildman–Crippen LogP) is 4.10. The van der Waals surface area contributed by atoms with Gasteiger partial charge in [-0.15, -0.1) is 0 Å². The van der Waals surface area contributed by atoms with Crippen LogP contribution in [0.2, 0.25) is 0 Å². The van der Waals surface area contributed by atoms with Gasteiger partial charge in [-0.05, 0) is 45.4 Å². The Morgan fingerprint density at radius 2 is 2.19 bits per heavy atom. The minimum atomic E-state index is -0.349. The van der Waals surface area contributed by atoms with Crippen LogP contribution in [-0.4, -0.2) is 35.0 Å². The zero-order valence-corrected chi connectivity index (χ0v) is 15.3. The lowest BCUT2D eigenvalue weighted by Gasteiger charge is -2.34. The monoisotopic (exact) mass is 360 g/mol. The number of piperidine rings is 1. The topological polar surface area (TPSA) is 55.6 Å². The molecule has 140 valence electrons. The molecule has 1 aromatic carbocycles. The molecule has 0 radical (unpaired) electrons. The van der Waals surface area contributed by atoms with Gasteiger partial charge in [0.15, 0.2) is 0 Å². The number of carbonyl (C=O) groups is 1. The van der Waals surface area contributed by atoms with Crippen LogP contribution in [0.5, 0.6) is 0 Å². The summed E-state index contributed by atoms with van der Waals surface area (Å²) in [6, 6.07) is 6.61. The minimum absolute atomic E-state index is 0.149. The summed E-state index contributed by atoms with van der Waals surface area (Å²) in [4.78, 5) is 18.7. The van der Waals surface area contributed by atoms with Crippen LogP contribution >= 0.6 is 0 Å². The van der Waals surface area contributed by atoms with Gasteiger partial charge in [-0.2, -0.15) is 0 Å². The van der Waals surface area contributed by atoms with Gasteiger partial charge < -0.3 is 9.15 Å². The number of likely N-dealkylation sites (tertiary alicyclic amines) is 1. The number of esters is 1. The summed E-state index contributed by atoms with van der Waals surface area (Å²) in [7, 11) is 0. The summed E-state index contributed by atoms with van der Waals surface area (Å²) in [5.41, 5.74) is 1.16. The highest BCUT2D eigenvalue weighted by atomic mass is 19.1. The molecule has 0 unspecified atom stereocenters. The summed E-state index contributed by atoms with van der Waals surface area (Å²) in [6.45, 7) is 5.57. The minimum Gasteiger partial charge on any atom is -0.466 e. The number of oxazole rings is 1. The molecule has 0 bridgehead atoms. The van der Waals surface area contributed by atoms with E-state index in [0.29, 0.717) is 36.8 Å². The lowest BCUT2D eigenvalue weighted by Crippen LogP contribution is -2.40. The standard InChI is InChI=1S/C20H25FN2O3/c1-3-25-19(24)12-15-8-6-7-11-23(15)13-18-14(2)26-20(22-18)16-9-4-5-10-17(16)21/h4-5,9-10,15H,3,6-8,11-13H2,1-2H3/t15-/m1/s1. The van der Waals surface area contributed by atoms with Crippen molar-refractivity contribution < 1.29 is 18.3 Å². The third-order valence-corrected chi connectivity index (χ3v) is 4.81. The lowest BCUT2D eigenvalue weighted by atomic mass is 9.99. The molecule has 1 atom stereocenters. The van der Waals surface area contributed by atoms with Crippen molar-refractivity contribution in [3.63, 3.8) is 0 Å². The van der Waals surface area contributed by atoms with E-state index in [1.54, 1.807) is 18.2 Å². The van der Waals surface area contributed by atoms with Crippen LogP contribution in [0.4, 0.5) is 4.39 Å². The van der Waals surface area contributed by atoms with E-state index >= 15 is 0 Å². The van der Waals surface area contributed by atoms with Gasteiger partial charge in [0.25, 0.3) is 0 Å². The number of benzene rings is 1. The van der Waals surface area contributed by atoms with Crippen molar-refractivity contribution in [2.75, 3.05) is 13.2 Å². The number of nitrogens with zero attached hydrogens (tertiary/aromatic N) is 2. The molecule has 0 amide bonds. The highest BCUT2D eigenvalue weighted by Gasteiger charge is 2.27. The molecular formula is C20H25FN2O3. The van der Waals surface area contributed by atoms with E-state index in [1.165, 1.54) is 6.07 Å². The first-order valence-corrected chi connectivity index (χ1v) is 9.19. The van der Waals surface area contributed by atoms with E-state index in [2.05, 4.69) is 9.88 Å². The third kappa shape index (κ3) is 4.30. The maximum Gasteiger partial charge on any atom is 0.307 e. The van der Waals surface area contributed by atoms with Gasteiger partial charge in [0, 0.05) is 12.6 Å². The summed E-state index contributed by atoms with van der Waals surface area (Å²) < 4.78 is 24.8. The smallest absolute Gasteiger partial charge is 0.307 e. The van der Waals surface area contributed by atoms with Gasteiger partial charge in [0.1, 0.15) is 11.6 Å². The maximum absolute atomic E-state index is 14.0. The summed E-state index contributed by atoms with van der Waals surface area (Å²) in [6.07, 6.45) is 3.57. The number of aromatic nitrogens is 1. The fourth-order valence-electron chi connectivity index (χ4n) is 3.43. The molecule has 5 nitrogen and oxygen atoms in total. The molecular weight excluding hydrogens is 335 g/mol. The Labute approximate surface area is 153 Å². The molecule has 0 saturated carbocycles. The molecule has 1 aliphatic rings. The van der Waals surface area contributed by atoms with Crippen LogP contribution in [0.15, 0.2) is 28.7 Å². The Bertz CT molecular complexity index is 759. The molecule has 6 heteroatoms. The van der Waals surface area contributed by atoms with Crippen molar-refractivity contribution in [2.24, 2.45) is 0 Å². The van der Waals surface area contributed by atoms with Gasteiger partial charge in [-0.3, -0.25) is 9.69 Å². The number of ether oxygens (including phenoxy) is 1. The molecule has 0 aliphatic carbocycles. The number of hydrogen-bond acceptors (Lipinski definition) is 5. The molecule has 1 saturated heterocycles. The van der Waals surface area contributed by atoms with Gasteiger partial charge in [-0.25, -0.2) is 9.37 Å². The number of rotatable bonds is 6. The zero-order chi connectivity index (χ0) is 18.5. The Kier molecular flexibility index (Phi) is 6.04. The van der Waals surface area contributed by atoms with Crippen molar-refractivity contribution in [1.82, 2.24) is 9.88 Å². The molecule has 2 aromatic rings. The molecule has 0 spiro atoms. The zero-order valence-electron chi connectivity index (χ0n) is 15.3. The molecule has 1 aliphatic heterocycles. The Morgan fingerprint density at radius 3 is 2.96 bits per heavy atom. The number of aryl methyl sites for hydroxylation is 1. The summed E-state index contributed by atoms with van der Waals surface area (Å²) in [5, 5.41) is 0. The van der Waals surface area contributed by atoms with Crippen molar-refractivity contribution in [3.8, 4) is 11.5 Å². The average molecular weight is 360 g/mol. The first-order valence-electron chi connectivity index (χ1n) is 9.19. The number of carbonyl (C=O) groups excluding carboxylic acids is 1. The second kappa shape index (κ2) is 8.45. The fraction of sp³-hybridized carbons (Fsp3) is 0.500. The molecule has 2 heterocycles. The summed E-state index contributed by atoms with van der Waals surface area (Å²) >= 11 is 0. The van der Waals surface area contributed by atoms with Crippen LogP contribution in [0.3, 0.4) is 0 Å².